The molecule has 0 N–H and O–H groups in total. The van der Waals surface area contributed by atoms with E-state index in [2.05, 4.69) is 0 Å². The van der Waals surface area contributed by atoms with Crippen LogP contribution >= 0.6 is 0 Å². The highest BCUT2D eigenvalue weighted by Crippen LogP contribution is 2.43. The van der Waals surface area contributed by atoms with Crippen molar-refractivity contribution in [2.45, 2.75) is 40.5 Å². The molecule has 0 saturated carbocycles. The van der Waals surface area contributed by atoms with Gasteiger partial charge in [0.1, 0.15) is 11.2 Å². The second kappa shape index (κ2) is 4.17. The fourth-order valence-corrected chi connectivity index (χ4v) is 2.08. The molecule has 0 aromatic heterocycles. The van der Waals surface area contributed by atoms with Crippen molar-refractivity contribution in [1.82, 2.24) is 0 Å². The Kier molecular flexibility index (Phi) is 3.32. The van der Waals surface area contributed by atoms with E-state index in [1.165, 1.54) is 6.92 Å². The average molecular weight is 210 g/mol. The number of allylic oxidation sites excluding steroid dienone is 2. The van der Waals surface area contributed by atoms with Crippen LogP contribution in [0.4, 0.5) is 0 Å². The van der Waals surface area contributed by atoms with Crippen LogP contribution in [0.15, 0.2) is 11.1 Å². The molecule has 1 aliphatic carbocycles. The first-order chi connectivity index (χ1) is 6.94. The Morgan fingerprint density at radius 2 is 1.73 bits per heavy atom. The number of hydrogen-bond donors (Lipinski definition) is 0. The van der Waals surface area contributed by atoms with E-state index >= 15 is 0 Å². The third-order valence-electron chi connectivity index (χ3n) is 3.20. The Morgan fingerprint density at radius 1 is 1.27 bits per heavy atom. The fraction of sp³-hybridized carbons (Fsp3) is 0.667. The van der Waals surface area contributed by atoms with Crippen molar-refractivity contribution in [3.05, 3.63) is 11.1 Å². The van der Waals surface area contributed by atoms with E-state index in [0.29, 0.717) is 19.4 Å². The maximum atomic E-state index is 11.8. The molecule has 0 aromatic rings. The van der Waals surface area contributed by atoms with Gasteiger partial charge in [-0.25, -0.2) is 0 Å². The third kappa shape index (κ3) is 1.96. The second-order valence-corrected chi connectivity index (χ2v) is 4.27. The van der Waals surface area contributed by atoms with Crippen LogP contribution in [0.25, 0.3) is 0 Å². The molecular formula is C12H18O3. The van der Waals surface area contributed by atoms with E-state index in [1.54, 1.807) is 6.92 Å². The van der Waals surface area contributed by atoms with E-state index < -0.39 is 5.41 Å². The van der Waals surface area contributed by atoms with E-state index in [9.17, 15) is 9.59 Å². The molecule has 3 heteroatoms. The molecule has 1 aliphatic rings. The molecule has 0 heterocycles. The van der Waals surface area contributed by atoms with Crippen molar-refractivity contribution < 1.29 is 14.3 Å². The van der Waals surface area contributed by atoms with Crippen LogP contribution in [0.1, 0.15) is 40.5 Å². The first kappa shape index (κ1) is 12.0. The predicted molar refractivity (Wildman–Crippen MR) is 57.4 cm³/mol. The normalized spacial score (nSPS) is 19.2. The predicted octanol–water partition coefficient (Wildman–Crippen LogP) is 2.26. The molecule has 0 unspecified atom stereocenters. The lowest BCUT2D eigenvalue weighted by Crippen LogP contribution is -2.37. The molecule has 1 rings (SSSR count). The van der Waals surface area contributed by atoms with Gasteiger partial charge in [0.05, 0.1) is 6.61 Å². The summed E-state index contributed by atoms with van der Waals surface area (Å²) in [5, 5.41) is 0. The maximum absolute atomic E-state index is 11.8. The summed E-state index contributed by atoms with van der Waals surface area (Å²) in [7, 11) is 0. The number of Topliss-reactive ketones (excluding diaryl/α,β-unsaturated/α-hetero) is 1. The molecule has 3 nitrogen and oxygen atoms in total. The van der Waals surface area contributed by atoms with E-state index in [-0.39, 0.29) is 11.8 Å². The number of rotatable bonds is 3. The van der Waals surface area contributed by atoms with Gasteiger partial charge in [-0.3, -0.25) is 9.59 Å². The first-order valence-corrected chi connectivity index (χ1v) is 5.27. The van der Waals surface area contributed by atoms with Crippen LogP contribution in [0.3, 0.4) is 0 Å². The van der Waals surface area contributed by atoms with Crippen LogP contribution in [0.2, 0.25) is 0 Å². The van der Waals surface area contributed by atoms with Gasteiger partial charge >= 0.3 is 5.97 Å². The lowest BCUT2D eigenvalue weighted by molar-refractivity contribution is -0.159. The summed E-state index contributed by atoms with van der Waals surface area (Å²) in [5.41, 5.74) is 1.35. The molecule has 0 radical (unpaired) electrons. The first-order valence-electron chi connectivity index (χ1n) is 5.27. The largest absolute Gasteiger partial charge is 0.465 e. The minimum absolute atomic E-state index is 0.0860. The van der Waals surface area contributed by atoms with Crippen molar-refractivity contribution >= 4 is 11.8 Å². The Balaban J connectivity index is 2.95. The molecule has 0 fully saturated rings. The lowest BCUT2D eigenvalue weighted by atomic mass is 9.80. The smallest absolute Gasteiger partial charge is 0.320 e. The summed E-state index contributed by atoms with van der Waals surface area (Å²) >= 11 is 0. The van der Waals surface area contributed by atoms with Gasteiger partial charge in [-0.15, -0.1) is 0 Å². The second-order valence-electron chi connectivity index (χ2n) is 4.27. The van der Waals surface area contributed by atoms with Crippen LogP contribution in [0.5, 0.6) is 0 Å². The highest BCUT2D eigenvalue weighted by Gasteiger charge is 2.48. The number of hydrogen-bond acceptors (Lipinski definition) is 3. The molecule has 0 bridgehead atoms. The SMILES string of the molecule is CCOC(=O)C1(C(C)=O)CC(C)=C(C)C1. The minimum Gasteiger partial charge on any atom is -0.465 e. The zero-order chi connectivity index (χ0) is 11.6. The van der Waals surface area contributed by atoms with Crippen molar-refractivity contribution in [1.29, 1.82) is 0 Å². The Bertz CT molecular complexity index is 312. The molecule has 84 valence electrons. The molecule has 0 amide bonds. The topological polar surface area (TPSA) is 43.4 Å². The summed E-state index contributed by atoms with van der Waals surface area (Å²) in [6.07, 6.45) is 1.04. The molecule has 0 spiro atoms. The van der Waals surface area contributed by atoms with E-state index in [1.807, 2.05) is 13.8 Å². The Hall–Kier alpha value is -1.12. The monoisotopic (exact) mass is 210 g/mol. The van der Waals surface area contributed by atoms with Gasteiger partial charge in [-0.2, -0.15) is 0 Å². The van der Waals surface area contributed by atoms with Crippen LogP contribution in [-0.2, 0) is 14.3 Å². The molecule has 0 aromatic carbocycles. The standard InChI is InChI=1S/C12H18O3/c1-5-15-11(14)12(10(4)13)6-8(2)9(3)7-12/h5-7H2,1-4H3. The van der Waals surface area contributed by atoms with Gasteiger partial charge in [0.25, 0.3) is 0 Å². The van der Waals surface area contributed by atoms with Gasteiger partial charge < -0.3 is 4.74 Å². The highest BCUT2D eigenvalue weighted by molar-refractivity contribution is 6.03. The zero-order valence-electron chi connectivity index (χ0n) is 9.85. The molecule has 0 atom stereocenters. The fourth-order valence-electron chi connectivity index (χ4n) is 2.08. The summed E-state index contributed by atoms with van der Waals surface area (Å²) in [5.74, 6) is -0.453. The quantitative estimate of drug-likeness (QED) is 0.407. The number of carbonyl (C=O) groups excluding carboxylic acids is 2. The summed E-state index contributed by atoms with van der Waals surface area (Å²) in [6.45, 7) is 7.50. The maximum Gasteiger partial charge on any atom is 0.320 e. The molecule has 0 aliphatic heterocycles. The van der Waals surface area contributed by atoms with Crippen LogP contribution in [0, 0.1) is 5.41 Å². The van der Waals surface area contributed by atoms with Crippen LogP contribution in [-0.4, -0.2) is 18.4 Å². The average Bonchev–Trinajstić information content (AvgIpc) is 2.45. The van der Waals surface area contributed by atoms with Gasteiger partial charge in [0.2, 0.25) is 0 Å². The van der Waals surface area contributed by atoms with Gasteiger partial charge in [-0.05, 0) is 40.5 Å². The van der Waals surface area contributed by atoms with Crippen molar-refractivity contribution in [2.24, 2.45) is 5.41 Å². The summed E-state index contributed by atoms with van der Waals surface area (Å²) < 4.78 is 5.00. The van der Waals surface area contributed by atoms with Crippen molar-refractivity contribution in [3.63, 3.8) is 0 Å². The third-order valence-corrected chi connectivity index (χ3v) is 3.20. The molecular weight excluding hydrogens is 192 g/mol. The number of ketones is 1. The van der Waals surface area contributed by atoms with Crippen molar-refractivity contribution in [3.8, 4) is 0 Å². The number of carbonyl (C=O) groups is 2. The minimum atomic E-state index is -0.926. The van der Waals surface area contributed by atoms with E-state index in [4.69, 9.17) is 4.74 Å². The highest BCUT2D eigenvalue weighted by atomic mass is 16.5. The Morgan fingerprint density at radius 3 is 2.07 bits per heavy atom. The summed E-state index contributed by atoms with van der Waals surface area (Å²) in [6, 6.07) is 0. The van der Waals surface area contributed by atoms with Gasteiger partial charge in [0.15, 0.2) is 0 Å². The number of esters is 1. The van der Waals surface area contributed by atoms with Crippen molar-refractivity contribution in [2.75, 3.05) is 6.61 Å². The Labute approximate surface area is 90.5 Å². The lowest BCUT2D eigenvalue weighted by Gasteiger charge is -2.23. The number of ether oxygens (including phenoxy) is 1. The van der Waals surface area contributed by atoms with Crippen LogP contribution < -0.4 is 0 Å². The molecule has 15 heavy (non-hydrogen) atoms. The van der Waals surface area contributed by atoms with E-state index in [0.717, 1.165) is 11.1 Å². The molecule has 0 saturated heterocycles. The zero-order valence-corrected chi connectivity index (χ0v) is 9.85. The van der Waals surface area contributed by atoms with Gasteiger partial charge in [-0.1, -0.05) is 11.1 Å². The van der Waals surface area contributed by atoms with Gasteiger partial charge in [0, 0.05) is 0 Å². The summed E-state index contributed by atoms with van der Waals surface area (Å²) in [4.78, 5) is 23.5.